The number of para-hydroxylation sites is 2. The molecule has 6 heteroatoms. The average Bonchev–Trinajstić information content (AvgIpc) is 3.21. The van der Waals surface area contributed by atoms with E-state index >= 15 is 0 Å². The maximum Gasteiger partial charge on any atom is 0.228 e. The summed E-state index contributed by atoms with van der Waals surface area (Å²) in [4.78, 5) is 28.8. The predicted octanol–water partition coefficient (Wildman–Crippen LogP) is 1.12. The van der Waals surface area contributed by atoms with Crippen LogP contribution in [-0.2, 0) is 9.59 Å². The summed E-state index contributed by atoms with van der Waals surface area (Å²) in [5.74, 6) is 1.02. The van der Waals surface area contributed by atoms with Gasteiger partial charge in [0, 0.05) is 26.1 Å². The van der Waals surface area contributed by atoms with E-state index in [1.165, 1.54) is 0 Å². The van der Waals surface area contributed by atoms with Gasteiger partial charge in [-0.25, -0.2) is 0 Å². The van der Waals surface area contributed by atoms with Crippen molar-refractivity contribution in [2.24, 2.45) is 11.8 Å². The molecule has 2 unspecified atom stereocenters. The first kappa shape index (κ1) is 16.8. The molecule has 0 aromatic heterocycles. The fraction of sp³-hybridized carbons (Fsp3) is 0.556. The van der Waals surface area contributed by atoms with Gasteiger partial charge in [0.25, 0.3) is 0 Å². The molecule has 1 aromatic carbocycles. The maximum absolute atomic E-state index is 12.8. The lowest BCUT2D eigenvalue weighted by Crippen LogP contribution is -2.36. The van der Waals surface area contributed by atoms with Crippen LogP contribution in [0.1, 0.15) is 12.8 Å². The van der Waals surface area contributed by atoms with Gasteiger partial charge in [-0.2, -0.15) is 0 Å². The number of methoxy groups -OCH3 is 1. The number of rotatable bonds is 5. The molecule has 3 rings (SSSR count). The lowest BCUT2D eigenvalue weighted by atomic mass is 10.1. The number of nitrogens with zero attached hydrogens (tertiary/aromatic N) is 2. The molecule has 24 heavy (non-hydrogen) atoms. The molecule has 2 saturated heterocycles. The summed E-state index contributed by atoms with van der Waals surface area (Å²) in [6, 6.07) is 7.45. The Morgan fingerprint density at radius 3 is 2.88 bits per heavy atom. The first-order valence-corrected chi connectivity index (χ1v) is 8.50. The average molecular weight is 331 g/mol. The standard InChI is InChI=1S/C18H25N3O3/c1-19-10-13-7-8-20(11-13)18(23)14-9-17(22)21(12-14)15-5-3-4-6-16(15)24-2/h3-6,13-14,19H,7-12H2,1-2H3. The highest BCUT2D eigenvalue weighted by atomic mass is 16.5. The minimum atomic E-state index is -0.254. The second-order valence-corrected chi connectivity index (χ2v) is 6.57. The Balaban J connectivity index is 1.67. The Morgan fingerprint density at radius 1 is 1.33 bits per heavy atom. The number of nitrogens with one attached hydrogen (secondary N) is 1. The van der Waals surface area contributed by atoms with Crippen molar-refractivity contribution in [3.63, 3.8) is 0 Å². The van der Waals surface area contributed by atoms with Crippen molar-refractivity contribution in [3.8, 4) is 5.75 Å². The van der Waals surface area contributed by atoms with Gasteiger partial charge in [-0.1, -0.05) is 12.1 Å². The van der Waals surface area contributed by atoms with Crippen molar-refractivity contribution in [2.45, 2.75) is 12.8 Å². The second-order valence-electron chi connectivity index (χ2n) is 6.57. The van der Waals surface area contributed by atoms with Crippen molar-refractivity contribution in [3.05, 3.63) is 24.3 Å². The number of benzene rings is 1. The Labute approximate surface area is 142 Å². The molecule has 2 amide bonds. The van der Waals surface area contributed by atoms with Gasteiger partial charge in [-0.15, -0.1) is 0 Å². The number of carbonyl (C=O) groups excluding carboxylic acids is 2. The quantitative estimate of drug-likeness (QED) is 0.878. The van der Waals surface area contributed by atoms with Crippen LogP contribution in [-0.4, -0.2) is 57.1 Å². The lowest BCUT2D eigenvalue weighted by molar-refractivity contribution is -0.134. The van der Waals surface area contributed by atoms with Crippen LogP contribution in [0.15, 0.2) is 24.3 Å². The molecule has 2 atom stereocenters. The Bertz CT molecular complexity index is 619. The maximum atomic E-state index is 12.8. The molecule has 0 radical (unpaired) electrons. The summed E-state index contributed by atoms with van der Waals surface area (Å²) in [6.45, 7) is 2.95. The third-order valence-corrected chi connectivity index (χ3v) is 4.94. The molecule has 0 aliphatic carbocycles. The smallest absolute Gasteiger partial charge is 0.228 e. The summed E-state index contributed by atoms with van der Waals surface area (Å²) in [7, 11) is 3.53. The number of ether oxygens (including phenoxy) is 1. The topological polar surface area (TPSA) is 61.9 Å². The van der Waals surface area contributed by atoms with E-state index in [0.29, 0.717) is 18.2 Å². The van der Waals surface area contributed by atoms with E-state index in [2.05, 4.69) is 5.32 Å². The molecule has 130 valence electrons. The highest BCUT2D eigenvalue weighted by Gasteiger charge is 2.39. The number of likely N-dealkylation sites (tertiary alicyclic amines) is 1. The Morgan fingerprint density at radius 2 is 2.12 bits per heavy atom. The number of carbonyl (C=O) groups is 2. The third kappa shape index (κ3) is 3.24. The highest BCUT2D eigenvalue weighted by molar-refractivity contribution is 6.01. The van der Waals surface area contributed by atoms with E-state index in [0.717, 1.165) is 31.7 Å². The van der Waals surface area contributed by atoms with Crippen LogP contribution in [0.25, 0.3) is 0 Å². The summed E-state index contributed by atoms with van der Waals surface area (Å²) in [5, 5.41) is 3.17. The van der Waals surface area contributed by atoms with Gasteiger partial charge in [0.05, 0.1) is 18.7 Å². The molecule has 0 saturated carbocycles. The van der Waals surface area contributed by atoms with E-state index in [1.54, 1.807) is 12.0 Å². The minimum absolute atomic E-state index is 0.0104. The number of anilines is 1. The summed E-state index contributed by atoms with van der Waals surface area (Å²) < 4.78 is 5.35. The molecule has 1 N–H and O–H groups in total. The first-order chi connectivity index (χ1) is 11.6. The fourth-order valence-corrected chi connectivity index (χ4v) is 3.70. The van der Waals surface area contributed by atoms with Crippen LogP contribution in [0.2, 0.25) is 0 Å². The molecule has 0 spiro atoms. The molecular formula is C18H25N3O3. The third-order valence-electron chi connectivity index (χ3n) is 4.94. The molecule has 6 nitrogen and oxygen atoms in total. The van der Waals surface area contributed by atoms with Gasteiger partial charge in [-0.05, 0) is 38.1 Å². The minimum Gasteiger partial charge on any atom is -0.495 e. The van der Waals surface area contributed by atoms with Crippen molar-refractivity contribution in [1.29, 1.82) is 0 Å². The van der Waals surface area contributed by atoms with Crippen LogP contribution >= 0.6 is 0 Å². The lowest BCUT2D eigenvalue weighted by Gasteiger charge is -2.22. The van der Waals surface area contributed by atoms with Gasteiger partial charge < -0.3 is 19.9 Å². The van der Waals surface area contributed by atoms with Gasteiger partial charge in [-0.3, -0.25) is 9.59 Å². The van der Waals surface area contributed by atoms with Gasteiger partial charge in [0.15, 0.2) is 0 Å². The first-order valence-electron chi connectivity index (χ1n) is 8.50. The zero-order chi connectivity index (χ0) is 17.1. The summed E-state index contributed by atoms with van der Waals surface area (Å²) in [6.07, 6.45) is 1.31. The Kier molecular flexibility index (Phi) is 5.04. The molecule has 0 bridgehead atoms. The van der Waals surface area contributed by atoms with Gasteiger partial charge in [0.1, 0.15) is 5.75 Å². The van der Waals surface area contributed by atoms with Crippen LogP contribution in [0.5, 0.6) is 5.75 Å². The second kappa shape index (κ2) is 7.21. The van der Waals surface area contributed by atoms with E-state index in [4.69, 9.17) is 4.74 Å². The highest BCUT2D eigenvalue weighted by Crippen LogP contribution is 2.33. The van der Waals surface area contributed by atoms with Crippen LogP contribution in [0.4, 0.5) is 5.69 Å². The van der Waals surface area contributed by atoms with Crippen molar-refractivity contribution < 1.29 is 14.3 Å². The number of hydrogen-bond donors (Lipinski definition) is 1. The van der Waals surface area contributed by atoms with Crippen molar-refractivity contribution >= 4 is 17.5 Å². The number of hydrogen-bond acceptors (Lipinski definition) is 4. The van der Waals surface area contributed by atoms with Gasteiger partial charge >= 0.3 is 0 Å². The largest absolute Gasteiger partial charge is 0.495 e. The van der Waals surface area contributed by atoms with Crippen LogP contribution in [0, 0.1) is 11.8 Å². The van der Waals surface area contributed by atoms with Crippen molar-refractivity contribution in [1.82, 2.24) is 10.2 Å². The molecule has 2 fully saturated rings. The van der Waals surface area contributed by atoms with Crippen LogP contribution in [0.3, 0.4) is 0 Å². The molecule has 1 aromatic rings. The van der Waals surface area contributed by atoms with E-state index in [1.807, 2.05) is 36.2 Å². The molecule has 2 aliphatic heterocycles. The zero-order valence-electron chi connectivity index (χ0n) is 14.3. The summed E-state index contributed by atoms with van der Waals surface area (Å²) in [5.41, 5.74) is 0.745. The molecule has 2 aliphatic rings. The van der Waals surface area contributed by atoms with E-state index < -0.39 is 0 Å². The van der Waals surface area contributed by atoms with E-state index in [9.17, 15) is 9.59 Å². The van der Waals surface area contributed by atoms with Crippen molar-refractivity contribution in [2.75, 3.05) is 45.2 Å². The zero-order valence-corrected chi connectivity index (χ0v) is 14.3. The monoisotopic (exact) mass is 331 g/mol. The number of amides is 2. The predicted molar refractivity (Wildman–Crippen MR) is 92.1 cm³/mol. The summed E-state index contributed by atoms with van der Waals surface area (Å²) >= 11 is 0. The molecular weight excluding hydrogens is 306 g/mol. The van der Waals surface area contributed by atoms with E-state index in [-0.39, 0.29) is 24.2 Å². The van der Waals surface area contributed by atoms with Gasteiger partial charge in [0.2, 0.25) is 11.8 Å². The van der Waals surface area contributed by atoms with Crippen LogP contribution < -0.4 is 15.0 Å². The normalized spacial score (nSPS) is 23.8. The SMILES string of the molecule is CNCC1CCN(C(=O)C2CC(=O)N(c3ccccc3OC)C2)C1. The molecule has 2 heterocycles. The Hall–Kier alpha value is -2.08. The fourth-order valence-electron chi connectivity index (χ4n) is 3.70.